The van der Waals surface area contributed by atoms with Gasteiger partial charge in [0.25, 0.3) is 0 Å². The predicted molar refractivity (Wildman–Crippen MR) is 182 cm³/mol. The van der Waals surface area contributed by atoms with Gasteiger partial charge in [-0.05, 0) is 131 Å². The summed E-state index contributed by atoms with van der Waals surface area (Å²) in [5.74, 6) is 0. The molecule has 0 N–H and O–H groups in total. The number of benzene rings is 2. The number of hydrogen-bond acceptors (Lipinski definition) is 5. The number of allylic oxidation sites excluding steroid dienone is 1. The van der Waals surface area contributed by atoms with Crippen LogP contribution in [0, 0.1) is 5.41 Å². The highest BCUT2D eigenvalue weighted by molar-refractivity contribution is 6.62. The van der Waals surface area contributed by atoms with Crippen LogP contribution in [-0.4, -0.2) is 53.2 Å². The number of likely N-dealkylation sites (tertiary alicyclic amines) is 1. The summed E-state index contributed by atoms with van der Waals surface area (Å²) in [7, 11) is -0.327. The van der Waals surface area contributed by atoms with Crippen molar-refractivity contribution in [1.82, 2.24) is 4.90 Å². The van der Waals surface area contributed by atoms with Gasteiger partial charge in [0.05, 0.1) is 17.2 Å². The van der Waals surface area contributed by atoms with Gasteiger partial charge in [-0.3, -0.25) is 9.89 Å². The molecule has 238 valence electrons. The van der Waals surface area contributed by atoms with E-state index < -0.39 is 5.60 Å². The first kappa shape index (κ1) is 30.7. The van der Waals surface area contributed by atoms with Gasteiger partial charge in [-0.2, -0.15) is 0 Å². The number of amides is 1. The number of hydrogen-bond donors (Lipinski definition) is 0. The van der Waals surface area contributed by atoms with Crippen molar-refractivity contribution >= 4 is 30.0 Å². The molecule has 2 saturated heterocycles. The van der Waals surface area contributed by atoms with Crippen LogP contribution in [0.1, 0.15) is 110 Å². The molecule has 0 bridgehead atoms. The normalized spacial score (nSPS) is 24.7. The van der Waals surface area contributed by atoms with Crippen LogP contribution in [0.4, 0.5) is 4.79 Å². The second-order valence-electron chi connectivity index (χ2n) is 16.2. The van der Waals surface area contributed by atoms with Gasteiger partial charge < -0.3 is 14.0 Å². The van der Waals surface area contributed by atoms with E-state index in [0.717, 1.165) is 44.4 Å². The van der Waals surface area contributed by atoms with Gasteiger partial charge in [0.2, 0.25) is 0 Å². The average molecular weight is 609 g/mol. The predicted octanol–water partition coefficient (Wildman–Crippen LogP) is 7.90. The molecule has 1 saturated carbocycles. The topological polar surface area (TPSA) is 60.4 Å². The largest absolute Gasteiger partial charge is 0.495 e. The number of nitrogens with zero attached hydrogens (tertiary/aromatic N) is 2. The molecule has 2 aliphatic carbocycles. The van der Waals surface area contributed by atoms with E-state index in [1.54, 1.807) is 0 Å². The average Bonchev–Trinajstić information content (AvgIpc) is 3.79. The van der Waals surface area contributed by atoms with Crippen LogP contribution in [0.15, 0.2) is 47.6 Å². The van der Waals surface area contributed by atoms with Crippen LogP contribution in [-0.2, 0) is 26.9 Å². The van der Waals surface area contributed by atoms with E-state index >= 15 is 0 Å². The minimum atomic E-state index is -0.503. The van der Waals surface area contributed by atoms with Crippen molar-refractivity contribution in [1.29, 1.82) is 0 Å². The van der Waals surface area contributed by atoms with Gasteiger partial charge in [-0.15, -0.1) is 0 Å². The Kier molecular flexibility index (Phi) is 7.40. The molecule has 0 unspecified atom stereocenters. The zero-order valence-electron chi connectivity index (χ0n) is 28.3. The van der Waals surface area contributed by atoms with Crippen LogP contribution >= 0.6 is 0 Å². The van der Waals surface area contributed by atoms with Crippen LogP contribution < -0.4 is 5.46 Å². The molecule has 2 aromatic carbocycles. The van der Waals surface area contributed by atoms with Crippen LogP contribution in [0.25, 0.3) is 16.7 Å². The standard InChI is InChI=1S/C38H49BN2O4/c1-35(2,3)43-34(42)41-20-10-11-33(41)32-21-27(24-40-32)25-12-14-26(15-13-25)28-16-17-31(39-44-36(4,5)37(6,7)45-39)30-23-38(22-29(28)30)18-8-9-19-38/h12-17,24,33H,8-11,18-23H2,1-7H3/t33-/m0/s1. The molecule has 1 atom stereocenters. The number of fused-ring (bicyclic) bond motifs is 1. The van der Waals surface area contributed by atoms with Crippen LogP contribution in [0.3, 0.4) is 0 Å². The van der Waals surface area contributed by atoms with E-state index in [0.29, 0.717) is 5.41 Å². The first-order chi connectivity index (χ1) is 21.2. The zero-order valence-corrected chi connectivity index (χ0v) is 28.3. The molecule has 0 aromatic heterocycles. The Bertz CT molecular complexity index is 1540. The highest BCUT2D eigenvalue weighted by atomic mass is 16.7. The molecule has 0 radical (unpaired) electrons. The minimum absolute atomic E-state index is 0.0147. The van der Waals surface area contributed by atoms with Gasteiger partial charge in [0, 0.05) is 24.9 Å². The third kappa shape index (κ3) is 5.58. The maximum absolute atomic E-state index is 12.9. The molecule has 2 aromatic rings. The summed E-state index contributed by atoms with van der Waals surface area (Å²) in [5, 5.41) is 0. The second-order valence-corrected chi connectivity index (χ2v) is 16.2. The Morgan fingerprint density at radius 3 is 2.22 bits per heavy atom. The molecule has 5 aliphatic rings. The highest BCUT2D eigenvalue weighted by Gasteiger charge is 2.53. The summed E-state index contributed by atoms with van der Waals surface area (Å²) in [6.07, 6.45) is 12.0. The molecule has 7 heteroatoms. The Morgan fingerprint density at radius 1 is 0.911 bits per heavy atom. The monoisotopic (exact) mass is 608 g/mol. The molecular formula is C38H49BN2O4. The summed E-state index contributed by atoms with van der Waals surface area (Å²) in [6.45, 7) is 15.0. The van der Waals surface area contributed by atoms with Crippen molar-refractivity contribution < 1.29 is 18.8 Å². The highest BCUT2D eigenvalue weighted by Crippen LogP contribution is 2.51. The van der Waals surface area contributed by atoms with Crippen molar-refractivity contribution in [2.24, 2.45) is 10.4 Å². The Morgan fingerprint density at radius 2 is 1.56 bits per heavy atom. The Labute approximate surface area is 269 Å². The summed E-state index contributed by atoms with van der Waals surface area (Å²) in [6, 6.07) is 13.6. The van der Waals surface area contributed by atoms with Crippen molar-refractivity contribution in [2.75, 3.05) is 6.54 Å². The summed E-state index contributed by atoms with van der Waals surface area (Å²) in [4.78, 5) is 19.6. The van der Waals surface area contributed by atoms with E-state index in [1.165, 1.54) is 64.5 Å². The van der Waals surface area contributed by atoms with Crippen LogP contribution in [0.5, 0.6) is 0 Å². The van der Waals surface area contributed by atoms with Gasteiger partial charge >= 0.3 is 13.2 Å². The Balaban J connectivity index is 1.11. The number of rotatable bonds is 4. The van der Waals surface area contributed by atoms with Crippen molar-refractivity contribution in [2.45, 2.75) is 129 Å². The first-order valence-corrected chi connectivity index (χ1v) is 17.1. The van der Waals surface area contributed by atoms with E-state index in [9.17, 15) is 4.79 Å². The molecule has 45 heavy (non-hydrogen) atoms. The fourth-order valence-corrected chi connectivity index (χ4v) is 8.22. The lowest BCUT2D eigenvalue weighted by Crippen LogP contribution is -2.43. The van der Waals surface area contributed by atoms with Crippen molar-refractivity contribution in [3.8, 4) is 11.1 Å². The number of carbonyl (C=O) groups excluding carboxylic acids is 1. The lowest BCUT2D eigenvalue weighted by atomic mass is 9.73. The van der Waals surface area contributed by atoms with Gasteiger partial charge in [0.1, 0.15) is 5.60 Å². The molecule has 7 rings (SSSR count). The van der Waals surface area contributed by atoms with Gasteiger partial charge in [-0.25, -0.2) is 4.79 Å². The first-order valence-electron chi connectivity index (χ1n) is 17.1. The molecule has 3 fully saturated rings. The van der Waals surface area contributed by atoms with E-state index in [4.69, 9.17) is 19.0 Å². The SMILES string of the molecule is CC(C)(C)OC(=O)N1CCC[C@H]1C1=NC=C(c2ccc(-c3ccc(B4OC(C)(C)C(C)(C)O4)c4c3CC3(CCCC3)C4)cc2)C1. The van der Waals surface area contributed by atoms with Crippen LogP contribution in [0.2, 0.25) is 0 Å². The van der Waals surface area contributed by atoms with E-state index in [1.807, 2.05) is 31.9 Å². The third-order valence-corrected chi connectivity index (χ3v) is 11.3. The number of ether oxygens (including phenoxy) is 1. The molecular weight excluding hydrogens is 559 g/mol. The lowest BCUT2D eigenvalue weighted by Gasteiger charge is -2.32. The van der Waals surface area contributed by atoms with Gasteiger partial charge in [0.15, 0.2) is 0 Å². The lowest BCUT2D eigenvalue weighted by molar-refractivity contribution is 0.00578. The van der Waals surface area contributed by atoms with E-state index in [2.05, 4.69) is 64.1 Å². The third-order valence-electron chi connectivity index (χ3n) is 11.3. The summed E-state index contributed by atoms with van der Waals surface area (Å²) >= 11 is 0. The fourth-order valence-electron chi connectivity index (χ4n) is 8.22. The second kappa shape index (κ2) is 10.8. The Hall–Kier alpha value is -2.90. The summed E-state index contributed by atoms with van der Waals surface area (Å²) < 4.78 is 18.8. The smallest absolute Gasteiger partial charge is 0.444 e. The molecule has 1 spiro atoms. The molecule has 3 heterocycles. The summed E-state index contributed by atoms with van der Waals surface area (Å²) in [5.41, 5.74) is 9.41. The van der Waals surface area contributed by atoms with Crippen molar-refractivity contribution in [3.63, 3.8) is 0 Å². The minimum Gasteiger partial charge on any atom is -0.444 e. The van der Waals surface area contributed by atoms with Crippen molar-refractivity contribution in [3.05, 3.63) is 59.3 Å². The molecule has 6 nitrogen and oxygen atoms in total. The number of aliphatic imine (C=N–C) groups is 1. The van der Waals surface area contributed by atoms with E-state index in [-0.39, 0.29) is 30.5 Å². The fraction of sp³-hybridized carbons (Fsp3) is 0.579. The maximum Gasteiger partial charge on any atom is 0.495 e. The van der Waals surface area contributed by atoms with Gasteiger partial charge in [-0.1, -0.05) is 49.2 Å². The zero-order chi connectivity index (χ0) is 31.8. The molecule has 1 amide bonds. The maximum atomic E-state index is 12.9. The quantitative estimate of drug-likeness (QED) is 0.331. The molecule has 3 aliphatic heterocycles. The number of carbonyl (C=O) groups is 1.